The summed E-state index contributed by atoms with van der Waals surface area (Å²) in [4.78, 5) is 1.25. The molecule has 1 unspecified atom stereocenters. The highest BCUT2D eigenvalue weighted by atomic mass is 35.5. The van der Waals surface area contributed by atoms with Crippen LogP contribution < -0.4 is 5.32 Å². The fraction of sp³-hybridized carbons (Fsp3) is 0.500. The van der Waals surface area contributed by atoms with Gasteiger partial charge in [0.05, 0.1) is 10.6 Å². The molecule has 0 amide bonds. The van der Waals surface area contributed by atoms with Crippen molar-refractivity contribution in [2.75, 3.05) is 6.54 Å². The van der Waals surface area contributed by atoms with Gasteiger partial charge in [-0.1, -0.05) is 49.0 Å². The van der Waals surface area contributed by atoms with E-state index in [4.69, 9.17) is 11.6 Å². The van der Waals surface area contributed by atoms with E-state index in [1.807, 2.05) is 18.2 Å². The Kier molecular flexibility index (Phi) is 6.15. The third-order valence-corrected chi connectivity index (χ3v) is 4.46. The maximum atomic E-state index is 6.10. The number of nitrogens with one attached hydrogen (secondary N) is 1. The van der Waals surface area contributed by atoms with Gasteiger partial charge in [-0.3, -0.25) is 0 Å². The standard InChI is InChI=1S/C16H22ClN3S/c1-4-8-18-14(10-12-6-5-7-13(17)9-12)16-15(11(2)3)19-20-21-16/h5-7,9,11,14,18H,4,8,10H2,1-3H3. The number of benzene rings is 1. The summed E-state index contributed by atoms with van der Waals surface area (Å²) in [6.45, 7) is 7.49. The molecule has 114 valence electrons. The van der Waals surface area contributed by atoms with Crippen molar-refractivity contribution in [2.45, 2.75) is 45.6 Å². The molecule has 0 aliphatic heterocycles. The predicted octanol–water partition coefficient (Wildman–Crippen LogP) is 4.60. The van der Waals surface area contributed by atoms with Crippen LogP contribution in [-0.2, 0) is 6.42 Å². The van der Waals surface area contributed by atoms with Gasteiger partial charge in [0.25, 0.3) is 0 Å². The monoisotopic (exact) mass is 323 g/mol. The Bertz CT molecular complexity index is 568. The van der Waals surface area contributed by atoms with E-state index in [-0.39, 0.29) is 6.04 Å². The van der Waals surface area contributed by atoms with Gasteiger partial charge < -0.3 is 5.32 Å². The average molecular weight is 324 g/mol. The molecule has 0 aliphatic carbocycles. The fourth-order valence-corrected chi connectivity index (χ4v) is 3.42. The molecular formula is C16H22ClN3S. The SMILES string of the molecule is CCCNC(Cc1cccc(Cl)c1)c1snnc1C(C)C. The zero-order valence-corrected chi connectivity index (χ0v) is 14.3. The van der Waals surface area contributed by atoms with Gasteiger partial charge in [-0.15, -0.1) is 5.10 Å². The highest BCUT2D eigenvalue weighted by Crippen LogP contribution is 2.29. The van der Waals surface area contributed by atoms with E-state index in [1.54, 1.807) is 0 Å². The van der Waals surface area contributed by atoms with Gasteiger partial charge in [0.2, 0.25) is 0 Å². The zero-order chi connectivity index (χ0) is 15.2. The van der Waals surface area contributed by atoms with Gasteiger partial charge in [0, 0.05) is 11.1 Å². The van der Waals surface area contributed by atoms with Crippen LogP contribution in [0.3, 0.4) is 0 Å². The molecule has 1 N–H and O–H groups in total. The smallest absolute Gasteiger partial charge is 0.0829 e. The van der Waals surface area contributed by atoms with Crippen LogP contribution >= 0.6 is 23.1 Å². The lowest BCUT2D eigenvalue weighted by Gasteiger charge is -2.19. The molecule has 0 saturated heterocycles. The Labute approximate surface area is 135 Å². The van der Waals surface area contributed by atoms with E-state index < -0.39 is 0 Å². The topological polar surface area (TPSA) is 37.8 Å². The molecule has 1 heterocycles. The molecule has 0 fully saturated rings. The van der Waals surface area contributed by atoms with Crippen molar-refractivity contribution in [3.05, 3.63) is 45.4 Å². The quantitative estimate of drug-likeness (QED) is 0.809. The summed E-state index contributed by atoms with van der Waals surface area (Å²) in [5, 5.41) is 8.71. The van der Waals surface area contributed by atoms with Crippen LogP contribution in [0.1, 0.15) is 55.3 Å². The summed E-state index contributed by atoms with van der Waals surface area (Å²) >= 11 is 7.60. The minimum absolute atomic E-state index is 0.251. The Hall–Kier alpha value is -0.970. The maximum Gasteiger partial charge on any atom is 0.0829 e. The number of nitrogens with zero attached hydrogens (tertiary/aromatic N) is 2. The first-order chi connectivity index (χ1) is 10.1. The van der Waals surface area contributed by atoms with E-state index in [0.717, 1.165) is 30.1 Å². The first-order valence-electron chi connectivity index (χ1n) is 7.41. The molecular weight excluding hydrogens is 302 g/mol. The van der Waals surface area contributed by atoms with Crippen LogP contribution in [0.5, 0.6) is 0 Å². The van der Waals surface area contributed by atoms with Crippen LogP contribution in [0, 0.1) is 0 Å². The number of hydrogen-bond donors (Lipinski definition) is 1. The molecule has 1 atom stereocenters. The molecule has 5 heteroatoms. The van der Waals surface area contributed by atoms with Crippen LogP contribution in [0.4, 0.5) is 0 Å². The lowest BCUT2D eigenvalue weighted by molar-refractivity contribution is 0.529. The van der Waals surface area contributed by atoms with E-state index in [1.165, 1.54) is 22.0 Å². The molecule has 1 aromatic heterocycles. The summed E-state index contributed by atoms with van der Waals surface area (Å²) in [5.74, 6) is 0.393. The largest absolute Gasteiger partial charge is 0.309 e. The van der Waals surface area contributed by atoms with Gasteiger partial charge in [0.15, 0.2) is 0 Å². The van der Waals surface area contributed by atoms with Crippen LogP contribution in [0.25, 0.3) is 0 Å². The first kappa shape index (κ1) is 16.4. The normalized spacial score (nSPS) is 12.8. The fourth-order valence-electron chi connectivity index (χ4n) is 2.32. The molecule has 1 aromatic carbocycles. The van der Waals surface area contributed by atoms with Gasteiger partial charge in [-0.05, 0) is 54.5 Å². The van der Waals surface area contributed by atoms with E-state index in [0.29, 0.717) is 5.92 Å². The summed E-state index contributed by atoms with van der Waals surface area (Å²) in [6.07, 6.45) is 2.01. The molecule has 0 aliphatic rings. The van der Waals surface area contributed by atoms with E-state index in [2.05, 4.69) is 41.7 Å². The summed E-state index contributed by atoms with van der Waals surface area (Å²) in [7, 11) is 0. The van der Waals surface area contributed by atoms with Crippen LogP contribution in [-0.4, -0.2) is 16.1 Å². The second-order valence-electron chi connectivity index (χ2n) is 5.52. The number of rotatable bonds is 7. The Balaban J connectivity index is 2.23. The van der Waals surface area contributed by atoms with Gasteiger partial charge >= 0.3 is 0 Å². The average Bonchev–Trinajstić information content (AvgIpc) is 2.93. The minimum Gasteiger partial charge on any atom is -0.309 e. The summed E-state index contributed by atoms with van der Waals surface area (Å²) in [5.41, 5.74) is 2.34. The lowest BCUT2D eigenvalue weighted by atomic mass is 10.00. The predicted molar refractivity (Wildman–Crippen MR) is 90.2 cm³/mol. The van der Waals surface area contributed by atoms with Crippen molar-refractivity contribution < 1.29 is 0 Å². The third-order valence-electron chi connectivity index (χ3n) is 3.37. The van der Waals surface area contributed by atoms with Crippen LogP contribution in [0.15, 0.2) is 24.3 Å². The van der Waals surface area contributed by atoms with Crippen molar-refractivity contribution >= 4 is 23.1 Å². The van der Waals surface area contributed by atoms with Gasteiger partial charge in [-0.25, -0.2) is 0 Å². The highest BCUT2D eigenvalue weighted by Gasteiger charge is 2.21. The Morgan fingerprint density at radius 2 is 2.14 bits per heavy atom. The molecule has 0 saturated carbocycles. The van der Waals surface area contributed by atoms with Crippen molar-refractivity contribution in [1.29, 1.82) is 0 Å². The Morgan fingerprint density at radius 1 is 1.33 bits per heavy atom. The van der Waals surface area contributed by atoms with Crippen molar-refractivity contribution in [1.82, 2.24) is 14.9 Å². The molecule has 0 radical (unpaired) electrons. The summed E-state index contributed by atoms with van der Waals surface area (Å²) in [6, 6.07) is 8.32. The van der Waals surface area contributed by atoms with Gasteiger partial charge in [-0.2, -0.15) is 0 Å². The maximum absolute atomic E-state index is 6.10. The zero-order valence-electron chi connectivity index (χ0n) is 12.8. The second-order valence-corrected chi connectivity index (χ2v) is 6.74. The first-order valence-corrected chi connectivity index (χ1v) is 8.57. The van der Waals surface area contributed by atoms with Gasteiger partial charge in [0.1, 0.15) is 0 Å². The molecule has 0 spiro atoms. The van der Waals surface area contributed by atoms with E-state index in [9.17, 15) is 0 Å². The van der Waals surface area contributed by atoms with Crippen molar-refractivity contribution in [2.24, 2.45) is 0 Å². The summed E-state index contributed by atoms with van der Waals surface area (Å²) < 4.78 is 4.16. The van der Waals surface area contributed by atoms with Crippen molar-refractivity contribution in [3.8, 4) is 0 Å². The van der Waals surface area contributed by atoms with Crippen molar-refractivity contribution in [3.63, 3.8) is 0 Å². The van der Waals surface area contributed by atoms with E-state index >= 15 is 0 Å². The number of hydrogen-bond acceptors (Lipinski definition) is 4. The second kappa shape index (κ2) is 7.87. The molecule has 0 bridgehead atoms. The van der Waals surface area contributed by atoms with Crippen LogP contribution in [0.2, 0.25) is 5.02 Å². The Morgan fingerprint density at radius 3 is 2.81 bits per heavy atom. The highest BCUT2D eigenvalue weighted by molar-refractivity contribution is 7.05. The third kappa shape index (κ3) is 4.50. The number of aromatic nitrogens is 2. The lowest BCUT2D eigenvalue weighted by Crippen LogP contribution is -2.24. The minimum atomic E-state index is 0.251. The molecule has 2 aromatic rings. The number of halogens is 1. The molecule has 3 nitrogen and oxygen atoms in total. The molecule has 2 rings (SSSR count). The molecule has 21 heavy (non-hydrogen) atoms.